The smallest absolute Gasteiger partial charge is 0.122 e. The molecule has 0 aliphatic carbocycles. The van der Waals surface area contributed by atoms with Gasteiger partial charge in [0.15, 0.2) is 0 Å². The Morgan fingerprint density at radius 2 is 1.58 bits per heavy atom. The first-order chi connectivity index (χ1) is 9.24. The molecule has 0 aliphatic heterocycles. The molecule has 0 radical (unpaired) electrons. The second kappa shape index (κ2) is 6.78. The van der Waals surface area contributed by atoms with Crippen LogP contribution in [0.15, 0.2) is 52.3 Å². The molecule has 2 aromatic rings. The second-order valence-corrected chi connectivity index (χ2v) is 5.71. The first kappa shape index (κ1) is 14.2. The van der Waals surface area contributed by atoms with Crippen molar-refractivity contribution >= 4 is 29.2 Å². The minimum absolute atomic E-state index is 0.576. The fourth-order valence-electron chi connectivity index (χ4n) is 1.74. The topological polar surface area (TPSA) is 35.2 Å². The van der Waals surface area contributed by atoms with E-state index in [1.54, 1.807) is 23.5 Å². The molecule has 2 nitrogen and oxygen atoms in total. The van der Waals surface area contributed by atoms with Crippen LogP contribution in [0.1, 0.15) is 5.56 Å². The van der Waals surface area contributed by atoms with Crippen molar-refractivity contribution in [1.82, 2.24) is 0 Å². The minimum atomic E-state index is 0.576. The third kappa shape index (κ3) is 3.61. The van der Waals surface area contributed by atoms with E-state index in [9.17, 15) is 0 Å². The van der Waals surface area contributed by atoms with Crippen LogP contribution in [0.25, 0.3) is 0 Å². The molecule has 0 unspecified atom stereocenters. The van der Waals surface area contributed by atoms with Crippen LogP contribution < -0.4 is 10.5 Å². The quantitative estimate of drug-likeness (QED) is 0.658. The molecular weight excluding hydrogens is 274 g/mol. The van der Waals surface area contributed by atoms with Gasteiger partial charge in [0.25, 0.3) is 0 Å². The van der Waals surface area contributed by atoms with Gasteiger partial charge in [-0.25, -0.2) is 0 Å². The van der Waals surface area contributed by atoms with Gasteiger partial charge in [-0.05, 0) is 30.2 Å². The van der Waals surface area contributed by atoms with Gasteiger partial charge in [0.1, 0.15) is 12.4 Å². The molecule has 0 aliphatic rings. The summed E-state index contributed by atoms with van der Waals surface area (Å²) in [5, 5.41) is 0. The maximum atomic E-state index is 6.08. The summed E-state index contributed by atoms with van der Waals surface area (Å²) in [4.78, 5) is 2.13. The van der Waals surface area contributed by atoms with Crippen molar-refractivity contribution < 1.29 is 4.74 Å². The molecule has 0 aromatic heterocycles. The number of benzene rings is 2. The number of nitrogen functional groups attached to an aromatic ring is 1. The van der Waals surface area contributed by atoms with Gasteiger partial charge >= 0.3 is 0 Å². The lowest BCUT2D eigenvalue weighted by Gasteiger charge is -2.12. The Labute approximate surface area is 122 Å². The van der Waals surface area contributed by atoms with E-state index in [2.05, 4.69) is 12.1 Å². The summed E-state index contributed by atoms with van der Waals surface area (Å²) < 4.78 is 5.85. The third-order valence-corrected chi connectivity index (χ3v) is 4.32. The van der Waals surface area contributed by atoms with E-state index in [4.69, 9.17) is 10.5 Å². The molecule has 0 heterocycles. The average molecular weight is 291 g/mol. The van der Waals surface area contributed by atoms with Gasteiger partial charge in [-0.1, -0.05) is 30.3 Å². The Bertz CT molecular complexity index is 518. The number of nitrogens with two attached hydrogens (primary N) is 1. The van der Waals surface area contributed by atoms with Gasteiger partial charge in [0.05, 0.1) is 5.69 Å². The Balaban J connectivity index is 2.16. The largest absolute Gasteiger partial charge is 0.489 e. The van der Waals surface area contributed by atoms with Crippen molar-refractivity contribution in [1.29, 1.82) is 0 Å². The van der Waals surface area contributed by atoms with Crippen LogP contribution in [0.2, 0.25) is 0 Å². The lowest BCUT2D eigenvalue weighted by molar-refractivity contribution is 0.305. The summed E-state index contributed by atoms with van der Waals surface area (Å²) in [6.07, 6.45) is 4.05. The predicted molar refractivity (Wildman–Crippen MR) is 85.2 cm³/mol. The van der Waals surface area contributed by atoms with Crippen LogP contribution in [0, 0.1) is 0 Å². The Morgan fingerprint density at radius 1 is 1.00 bits per heavy atom. The second-order valence-electron chi connectivity index (χ2n) is 4.02. The summed E-state index contributed by atoms with van der Waals surface area (Å²) >= 11 is 3.28. The number of hydrogen-bond donors (Lipinski definition) is 1. The fourth-order valence-corrected chi connectivity index (χ4v) is 2.93. The summed E-state index contributed by atoms with van der Waals surface area (Å²) in [6.45, 7) is 0.576. The average Bonchev–Trinajstić information content (AvgIpc) is 2.47. The van der Waals surface area contributed by atoms with Crippen LogP contribution in [0.5, 0.6) is 5.75 Å². The number of ether oxygens (including phenoxy) is 1. The number of hydrogen-bond acceptors (Lipinski definition) is 4. The Morgan fingerprint density at radius 3 is 2.11 bits per heavy atom. The van der Waals surface area contributed by atoms with Crippen molar-refractivity contribution in [3.8, 4) is 5.75 Å². The summed E-state index contributed by atoms with van der Waals surface area (Å²) in [6, 6.07) is 14.2. The zero-order chi connectivity index (χ0) is 13.7. The Kier molecular flexibility index (Phi) is 5.05. The molecule has 2 rings (SSSR count). The molecule has 19 heavy (non-hydrogen) atoms. The monoisotopic (exact) mass is 291 g/mol. The summed E-state index contributed by atoms with van der Waals surface area (Å²) in [5.74, 6) is 0.867. The van der Waals surface area contributed by atoms with Gasteiger partial charge in [-0.2, -0.15) is 0 Å². The maximum Gasteiger partial charge on any atom is 0.122 e. The van der Waals surface area contributed by atoms with Crippen molar-refractivity contribution in [3.63, 3.8) is 0 Å². The van der Waals surface area contributed by atoms with E-state index in [0.717, 1.165) is 26.8 Å². The zero-order valence-electron chi connectivity index (χ0n) is 11.1. The molecule has 0 fully saturated rings. The highest BCUT2D eigenvalue weighted by Crippen LogP contribution is 2.36. The SMILES string of the molecule is CSc1cc(OCc2ccccc2)cc(SC)c1N. The normalized spacial score (nSPS) is 10.4. The van der Waals surface area contributed by atoms with Crippen LogP contribution in [-0.4, -0.2) is 12.5 Å². The lowest BCUT2D eigenvalue weighted by atomic mass is 10.2. The van der Waals surface area contributed by atoms with Crippen molar-refractivity contribution in [2.24, 2.45) is 0 Å². The summed E-state index contributed by atoms with van der Waals surface area (Å²) in [7, 11) is 0. The van der Waals surface area contributed by atoms with E-state index >= 15 is 0 Å². The van der Waals surface area contributed by atoms with Crippen LogP contribution >= 0.6 is 23.5 Å². The highest BCUT2D eigenvalue weighted by atomic mass is 32.2. The molecule has 0 saturated heterocycles. The first-order valence-corrected chi connectivity index (χ1v) is 8.37. The van der Waals surface area contributed by atoms with Gasteiger partial charge in [0.2, 0.25) is 0 Å². The van der Waals surface area contributed by atoms with Crippen LogP contribution in [0.3, 0.4) is 0 Å². The Hall–Kier alpha value is -1.26. The highest BCUT2D eigenvalue weighted by Gasteiger charge is 2.08. The van der Waals surface area contributed by atoms with E-state index < -0.39 is 0 Å². The molecule has 0 bridgehead atoms. The molecule has 2 N–H and O–H groups in total. The number of thioether (sulfide) groups is 2. The van der Waals surface area contributed by atoms with E-state index in [-0.39, 0.29) is 0 Å². The molecule has 0 amide bonds. The third-order valence-electron chi connectivity index (χ3n) is 2.77. The molecule has 0 atom stereocenters. The van der Waals surface area contributed by atoms with E-state index in [0.29, 0.717) is 6.61 Å². The highest BCUT2D eigenvalue weighted by molar-refractivity contribution is 7.99. The van der Waals surface area contributed by atoms with E-state index in [1.165, 1.54) is 0 Å². The fraction of sp³-hybridized carbons (Fsp3) is 0.200. The van der Waals surface area contributed by atoms with Crippen LogP contribution in [-0.2, 0) is 6.61 Å². The molecule has 100 valence electrons. The van der Waals surface area contributed by atoms with Crippen molar-refractivity contribution in [2.75, 3.05) is 18.2 Å². The molecule has 2 aromatic carbocycles. The molecular formula is C15H17NOS2. The molecule has 4 heteroatoms. The predicted octanol–water partition coefficient (Wildman–Crippen LogP) is 4.29. The minimum Gasteiger partial charge on any atom is -0.489 e. The van der Waals surface area contributed by atoms with Gasteiger partial charge < -0.3 is 10.5 Å². The standard InChI is InChI=1S/C15H17NOS2/c1-18-13-8-12(9-14(19-2)15(13)16)17-10-11-6-4-3-5-7-11/h3-9H,10,16H2,1-2H3. The molecule has 0 spiro atoms. The van der Waals surface area contributed by atoms with Crippen molar-refractivity contribution in [3.05, 3.63) is 48.0 Å². The number of rotatable bonds is 5. The van der Waals surface area contributed by atoms with Gasteiger partial charge in [0, 0.05) is 9.79 Å². The maximum absolute atomic E-state index is 6.08. The lowest BCUT2D eigenvalue weighted by Crippen LogP contribution is -1.98. The molecule has 0 saturated carbocycles. The van der Waals surface area contributed by atoms with Crippen LogP contribution in [0.4, 0.5) is 5.69 Å². The summed E-state index contributed by atoms with van der Waals surface area (Å²) in [5.41, 5.74) is 8.09. The first-order valence-electron chi connectivity index (χ1n) is 5.93. The van der Waals surface area contributed by atoms with E-state index in [1.807, 2.05) is 42.8 Å². The zero-order valence-corrected chi connectivity index (χ0v) is 12.7. The van der Waals surface area contributed by atoms with Gasteiger partial charge in [-0.3, -0.25) is 0 Å². The van der Waals surface area contributed by atoms with Crippen molar-refractivity contribution in [2.45, 2.75) is 16.4 Å². The van der Waals surface area contributed by atoms with Gasteiger partial charge in [-0.15, -0.1) is 23.5 Å². The number of anilines is 1.